The van der Waals surface area contributed by atoms with Crippen LogP contribution in [-0.4, -0.2) is 38.5 Å². The third kappa shape index (κ3) is 6.24. The van der Waals surface area contributed by atoms with E-state index in [0.717, 1.165) is 0 Å². The summed E-state index contributed by atoms with van der Waals surface area (Å²) >= 11 is 0. The van der Waals surface area contributed by atoms with Gasteiger partial charge in [-0.05, 0) is 36.4 Å². The SMILES string of the molecule is COc1ccc(N(CCC(=O)Nc2ccc(NC(C)=O)cc2)C(C)=O)cc1OC. The van der Waals surface area contributed by atoms with Crippen molar-refractivity contribution in [1.29, 1.82) is 0 Å². The quantitative estimate of drug-likeness (QED) is 0.711. The first-order chi connectivity index (χ1) is 13.8. The highest BCUT2D eigenvalue weighted by molar-refractivity contribution is 5.95. The summed E-state index contributed by atoms with van der Waals surface area (Å²) < 4.78 is 10.5. The van der Waals surface area contributed by atoms with Gasteiger partial charge in [-0.15, -0.1) is 0 Å². The summed E-state index contributed by atoms with van der Waals surface area (Å²) in [6.45, 7) is 3.07. The number of nitrogens with zero attached hydrogens (tertiary/aromatic N) is 1. The number of hydrogen-bond acceptors (Lipinski definition) is 5. The van der Waals surface area contributed by atoms with Crippen molar-refractivity contribution in [3.8, 4) is 11.5 Å². The maximum Gasteiger partial charge on any atom is 0.226 e. The van der Waals surface area contributed by atoms with E-state index in [1.165, 1.54) is 33.0 Å². The second-order valence-electron chi connectivity index (χ2n) is 6.27. The summed E-state index contributed by atoms with van der Waals surface area (Å²) in [4.78, 5) is 36.9. The summed E-state index contributed by atoms with van der Waals surface area (Å²) in [7, 11) is 3.05. The van der Waals surface area contributed by atoms with Gasteiger partial charge in [-0.25, -0.2) is 0 Å². The Morgan fingerprint density at radius 3 is 1.97 bits per heavy atom. The highest BCUT2D eigenvalue weighted by Gasteiger charge is 2.16. The molecule has 0 bridgehead atoms. The Morgan fingerprint density at radius 2 is 1.45 bits per heavy atom. The fourth-order valence-corrected chi connectivity index (χ4v) is 2.74. The lowest BCUT2D eigenvalue weighted by Crippen LogP contribution is -2.32. The number of rotatable bonds is 8. The van der Waals surface area contributed by atoms with Crippen molar-refractivity contribution in [2.45, 2.75) is 20.3 Å². The van der Waals surface area contributed by atoms with Crippen molar-refractivity contribution in [3.05, 3.63) is 42.5 Å². The maximum atomic E-state index is 12.3. The molecular formula is C21H25N3O5. The Bertz CT molecular complexity index is 880. The second-order valence-corrected chi connectivity index (χ2v) is 6.27. The predicted octanol–water partition coefficient (Wildman–Crippen LogP) is 3.04. The number of benzene rings is 2. The second kappa shape index (κ2) is 10.1. The van der Waals surface area contributed by atoms with Gasteiger partial charge in [0.05, 0.1) is 14.2 Å². The molecule has 0 fully saturated rings. The summed E-state index contributed by atoms with van der Waals surface area (Å²) in [6, 6.07) is 11.9. The van der Waals surface area contributed by atoms with Crippen molar-refractivity contribution in [3.63, 3.8) is 0 Å². The average molecular weight is 399 g/mol. The van der Waals surface area contributed by atoms with E-state index in [1.54, 1.807) is 42.5 Å². The van der Waals surface area contributed by atoms with Crippen LogP contribution < -0.4 is 25.0 Å². The monoisotopic (exact) mass is 399 g/mol. The van der Waals surface area contributed by atoms with Crippen molar-refractivity contribution in [2.24, 2.45) is 0 Å². The van der Waals surface area contributed by atoms with E-state index >= 15 is 0 Å². The number of amides is 3. The molecule has 2 aromatic carbocycles. The summed E-state index contributed by atoms with van der Waals surface area (Å²) in [5.74, 6) is 0.468. The van der Waals surface area contributed by atoms with E-state index in [2.05, 4.69) is 10.6 Å². The lowest BCUT2D eigenvalue weighted by molar-refractivity contribution is -0.117. The van der Waals surface area contributed by atoms with E-state index in [1.807, 2.05) is 0 Å². The number of methoxy groups -OCH3 is 2. The van der Waals surface area contributed by atoms with E-state index in [0.29, 0.717) is 28.6 Å². The molecule has 0 saturated heterocycles. The number of nitrogens with one attached hydrogen (secondary N) is 2. The van der Waals surface area contributed by atoms with Gasteiger partial charge in [-0.3, -0.25) is 14.4 Å². The molecule has 29 heavy (non-hydrogen) atoms. The third-order valence-electron chi connectivity index (χ3n) is 4.11. The van der Waals surface area contributed by atoms with Crippen LogP contribution in [0, 0.1) is 0 Å². The molecular weight excluding hydrogens is 374 g/mol. The maximum absolute atomic E-state index is 12.3. The van der Waals surface area contributed by atoms with E-state index in [-0.39, 0.29) is 30.7 Å². The molecule has 0 heterocycles. The molecule has 0 aliphatic rings. The minimum atomic E-state index is -0.232. The summed E-state index contributed by atoms with van der Waals surface area (Å²) in [5, 5.41) is 5.43. The Kier molecular flexibility index (Phi) is 7.59. The van der Waals surface area contributed by atoms with Crippen molar-refractivity contribution in [1.82, 2.24) is 0 Å². The first-order valence-corrected chi connectivity index (χ1v) is 9.01. The van der Waals surface area contributed by atoms with Crippen LogP contribution in [0.2, 0.25) is 0 Å². The fraction of sp³-hybridized carbons (Fsp3) is 0.286. The van der Waals surface area contributed by atoms with E-state index in [9.17, 15) is 14.4 Å². The van der Waals surface area contributed by atoms with E-state index < -0.39 is 0 Å². The van der Waals surface area contributed by atoms with Crippen LogP contribution in [0.1, 0.15) is 20.3 Å². The fourth-order valence-electron chi connectivity index (χ4n) is 2.74. The molecule has 2 rings (SSSR count). The minimum Gasteiger partial charge on any atom is -0.493 e. The van der Waals surface area contributed by atoms with E-state index in [4.69, 9.17) is 9.47 Å². The Hall–Kier alpha value is -3.55. The molecule has 8 nitrogen and oxygen atoms in total. The van der Waals surface area contributed by atoms with Crippen molar-refractivity contribution >= 4 is 34.8 Å². The lowest BCUT2D eigenvalue weighted by atomic mass is 10.2. The zero-order valence-corrected chi connectivity index (χ0v) is 16.9. The summed E-state index contributed by atoms with van der Waals surface area (Å²) in [5.41, 5.74) is 1.86. The first-order valence-electron chi connectivity index (χ1n) is 9.01. The zero-order valence-electron chi connectivity index (χ0n) is 16.9. The number of carbonyl (C=O) groups excluding carboxylic acids is 3. The largest absolute Gasteiger partial charge is 0.493 e. The summed E-state index contributed by atoms with van der Waals surface area (Å²) in [6.07, 6.45) is 0.112. The Balaban J connectivity index is 2.00. The number of carbonyl (C=O) groups is 3. The molecule has 0 aliphatic heterocycles. The van der Waals surface area contributed by atoms with Crippen LogP contribution in [0.5, 0.6) is 11.5 Å². The molecule has 0 unspecified atom stereocenters. The van der Waals surface area contributed by atoms with Gasteiger partial charge < -0.3 is 25.0 Å². The Labute approximate surface area is 169 Å². The van der Waals surface area contributed by atoms with Gasteiger partial charge in [0, 0.05) is 49.9 Å². The van der Waals surface area contributed by atoms with Crippen LogP contribution in [0.4, 0.5) is 17.1 Å². The molecule has 3 amide bonds. The molecule has 0 saturated carbocycles. The van der Waals surface area contributed by atoms with Crippen LogP contribution in [0.3, 0.4) is 0 Å². The molecule has 0 spiro atoms. The lowest BCUT2D eigenvalue weighted by Gasteiger charge is -2.22. The third-order valence-corrected chi connectivity index (χ3v) is 4.11. The Morgan fingerprint density at radius 1 is 0.862 bits per heavy atom. The van der Waals surface area contributed by atoms with Gasteiger partial charge in [0.15, 0.2) is 11.5 Å². The zero-order chi connectivity index (χ0) is 21.4. The first kappa shape index (κ1) is 21.7. The number of anilines is 3. The molecule has 2 aromatic rings. The van der Waals surface area contributed by atoms with Gasteiger partial charge >= 0.3 is 0 Å². The standard InChI is InChI=1S/C21H25N3O5/c1-14(25)22-16-5-7-17(8-6-16)23-21(27)11-12-24(15(2)26)18-9-10-19(28-3)20(13-18)29-4/h5-10,13H,11-12H2,1-4H3,(H,22,25)(H,23,27). The van der Waals surface area contributed by atoms with Gasteiger partial charge in [0.1, 0.15) is 0 Å². The normalized spacial score (nSPS) is 10.1. The van der Waals surface area contributed by atoms with Crippen molar-refractivity contribution in [2.75, 3.05) is 36.3 Å². The van der Waals surface area contributed by atoms with Crippen LogP contribution in [-0.2, 0) is 14.4 Å². The molecule has 8 heteroatoms. The number of ether oxygens (including phenoxy) is 2. The van der Waals surface area contributed by atoms with Gasteiger partial charge in [0.25, 0.3) is 0 Å². The van der Waals surface area contributed by atoms with Gasteiger partial charge in [-0.1, -0.05) is 0 Å². The van der Waals surface area contributed by atoms with Crippen LogP contribution in [0.15, 0.2) is 42.5 Å². The molecule has 0 aromatic heterocycles. The smallest absolute Gasteiger partial charge is 0.226 e. The average Bonchev–Trinajstić information content (AvgIpc) is 2.68. The number of hydrogen-bond donors (Lipinski definition) is 2. The molecule has 0 radical (unpaired) electrons. The topological polar surface area (TPSA) is 97.0 Å². The predicted molar refractivity (Wildman–Crippen MR) is 112 cm³/mol. The van der Waals surface area contributed by atoms with Crippen LogP contribution >= 0.6 is 0 Å². The molecule has 2 N–H and O–H groups in total. The molecule has 154 valence electrons. The molecule has 0 atom stereocenters. The minimum absolute atomic E-state index is 0.112. The highest BCUT2D eigenvalue weighted by Crippen LogP contribution is 2.31. The molecule has 0 aliphatic carbocycles. The highest BCUT2D eigenvalue weighted by atomic mass is 16.5. The van der Waals surface area contributed by atoms with Gasteiger partial charge in [-0.2, -0.15) is 0 Å². The van der Waals surface area contributed by atoms with Crippen LogP contribution in [0.25, 0.3) is 0 Å². The van der Waals surface area contributed by atoms with Crippen molar-refractivity contribution < 1.29 is 23.9 Å². The van der Waals surface area contributed by atoms with Gasteiger partial charge in [0.2, 0.25) is 17.7 Å².